The summed E-state index contributed by atoms with van der Waals surface area (Å²) < 4.78 is 26.1. The van der Waals surface area contributed by atoms with Crippen molar-refractivity contribution in [2.45, 2.75) is 18.7 Å². The summed E-state index contributed by atoms with van der Waals surface area (Å²) in [4.78, 5) is 42.2. The van der Waals surface area contributed by atoms with E-state index >= 15 is 0 Å². The summed E-state index contributed by atoms with van der Waals surface area (Å²) in [5.41, 5.74) is 1.23. The smallest absolute Gasteiger partial charge is 0.324 e. The highest BCUT2D eigenvalue weighted by atomic mass is 32.2. The Kier molecular flexibility index (Phi) is 4.82. The average Bonchev–Trinajstić information content (AvgIpc) is 2.88. The number of hydrogen-bond acceptors (Lipinski definition) is 6. The zero-order valence-electron chi connectivity index (χ0n) is 15.7. The second kappa shape index (κ2) is 6.84. The van der Waals surface area contributed by atoms with Crippen LogP contribution in [0.5, 0.6) is 0 Å². The number of imide groups is 1. The van der Waals surface area contributed by atoms with E-state index in [0.29, 0.717) is 16.2 Å². The number of sulfonamides is 1. The molecule has 0 bridgehead atoms. The summed E-state index contributed by atoms with van der Waals surface area (Å²) in [5.74, 6) is -2.51. The van der Waals surface area contributed by atoms with Crippen LogP contribution in [0.4, 0.5) is 0 Å². The van der Waals surface area contributed by atoms with E-state index in [0.717, 1.165) is 4.31 Å². The van der Waals surface area contributed by atoms with Crippen LogP contribution in [-0.2, 0) is 14.9 Å². The molecule has 0 saturated heterocycles. The third-order valence-electron chi connectivity index (χ3n) is 4.55. The van der Waals surface area contributed by atoms with Crippen LogP contribution < -0.4 is 0 Å². The molecule has 1 aliphatic rings. The first-order chi connectivity index (χ1) is 13.1. The van der Waals surface area contributed by atoms with Gasteiger partial charge < -0.3 is 4.84 Å². The van der Waals surface area contributed by atoms with Crippen LogP contribution in [0, 0.1) is 13.8 Å². The second-order valence-electron chi connectivity index (χ2n) is 6.53. The fraction of sp³-hybridized carbons (Fsp3) is 0.211. The Morgan fingerprint density at radius 2 is 1.54 bits per heavy atom. The van der Waals surface area contributed by atoms with Crippen molar-refractivity contribution in [3.8, 4) is 0 Å². The lowest BCUT2D eigenvalue weighted by molar-refractivity contribution is -0.0584. The number of aryl methyl sites for hydroxylation is 1. The molecule has 0 radical (unpaired) electrons. The van der Waals surface area contributed by atoms with E-state index in [1.54, 1.807) is 26.0 Å². The molecule has 146 valence electrons. The van der Waals surface area contributed by atoms with E-state index in [1.807, 2.05) is 0 Å². The molecule has 0 aromatic heterocycles. The number of hydroxylamine groups is 2. The van der Waals surface area contributed by atoms with Gasteiger partial charge in [0.2, 0.25) is 10.0 Å². The fourth-order valence-corrected chi connectivity index (χ4v) is 4.01. The minimum atomic E-state index is -3.80. The van der Waals surface area contributed by atoms with Crippen molar-refractivity contribution in [3.05, 3.63) is 64.2 Å². The van der Waals surface area contributed by atoms with Gasteiger partial charge in [-0.3, -0.25) is 9.59 Å². The van der Waals surface area contributed by atoms with Crippen molar-refractivity contribution in [2.75, 3.05) is 14.1 Å². The highest BCUT2D eigenvalue weighted by Crippen LogP contribution is 2.26. The summed E-state index contributed by atoms with van der Waals surface area (Å²) >= 11 is 0. The Bertz CT molecular complexity index is 1090. The lowest BCUT2D eigenvalue weighted by Crippen LogP contribution is -2.33. The largest absolute Gasteiger partial charge is 0.364 e. The minimum absolute atomic E-state index is 0.0492. The van der Waals surface area contributed by atoms with E-state index in [4.69, 9.17) is 4.84 Å². The van der Waals surface area contributed by atoms with Crippen LogP contribution in [0.3, 0.4) is 0 Å². The van der Waals surface area contributed by atoms with Crippen molar-refractivity contribution in [2.24, 2.45) is 0 Å². The number of amides is 2. The van der Waals surface area contributed by atoms with Gasteiger partial charge in [-0.2, -0.15) is 0 Å². The Hall–Kier alpha value is -3.04. The number of hydrogen-bond donors (Lipinski definition) is 0. The van der Waals surface area contributed by atoms with Gasteiger partial charge in [-0.1, -0.05) is 17.2 Å². The van der Waals surface area contributed by atoms with Gasteiger partial charge in [0.15, 0.2) is 0 Å². The number of rotatable bonds is 4. The molecule has 2 aromatic carbocycles. The summed E-state index contributed by atoms with van der Waals surface area (Å²) in [6.45, 7) is 3.29. The maximum absolute atomic E-state index is 12.6. The molecular weight excluding hydrogens is 384 g/mol. The number of carbonyl (C=O) groups excluding carboxylic acids is 3. The maximum atomic E-state index is 12.6. The molecule has 28 heavy (non-hydrogen) atoms. The first-order valence-electron chi connectivity index (χ1n) is 8.29. The standard InChI is InChI=1S/C19H18N2O6S/c1-11-9-13(10-16(12(11)2)28(25,26)20(3)4)19(24)27-21-17(22)14-7-5-6-8-15(14)18(21)23/h5-10H,1-4H3. The molecule has 8 nitrogen and oxygen atoms in total. The van der Waals surface area contributed by atoms with Crippen molar-refractivity contribution in [3.63, 3.8) is 0 Å². The molecule has 1 aliphatic heterocycles. The zero-order chi connectivity index (χ0) is 20.8. The molecule has 2 amide bonds. The van der Waals surface area contributed by atoms with Crippen molar-refractivity contribution >= 4 is 27.8 Å². The third-order valence-corrected chi connectivity index (χ3v) is 6.49. The summed E-state index contributed by atoms with van der Waals surface area (Å²) in [7, 11) is -1.03. The topological polar surface area (TPSA) is 101 Å². The average molecular weight is 402 g/mol. The monoisotopic (exact) mass is 402 g/mol. The predicted octanol–water partition coefficient (Wildman–Crippen LogP) is 1.92. The first kappa shape index (κ1) is 19.7. The highest BCUT2D eigenvalue weighted by Gasteiger charge is 2.39. The number of benzene rings is 2. The summed E-state index contributed by atoms with van der Waals surface area (Å²) in [6, 6.07) is 8.74. The Morgan fingerprint density at radius 3 is 2.04 bits per heavy atom. The van der Waals surface area contributed by atoms with Crippen LogP contribution in [0.2, 0.25) is 0 Å². The van der Waals surface area contributed by atoms with Crippen LogP contribution in [-0.4, -0.2) is 49.7 Å². The normalized spacial score (nSPS) is 13.8. The maximum Gasteiger partial charge on any atom is 0.364 e. The molecule has 9 heteroatoms. The molecule has 2 aromatic rings. The lowest BCUT2D eigenvalue weighted by Gasteiger charge is -2.17. The molecule has 0 N–H and O–H groups in total. The van der Waals surface area contributed by atoms with Crippen LogP contribution in [0.1, 0.15) is 42.2 Å². The third kappa shape index (κ3) is 3.08. The number of carbonyl (C=O) groups is 3. The van der Waals surface area contributed by atoms with Gasteiger partial charge in [-0.05, 0) is 49.2 Å². The van der Waals surface area contributed by atoms with Crippen LogP contribution in [0.15, 0.2) is 41.3 Å². The first-order valence-corrected chi connectivity index (χ1v) is 9.73. The minimum Gasteiger partial charge on any atom is -0.324 e. The van der Waals surface area contributed by atoms with Gasteiger partial charge in [0.05, 0.1) is 21.6 Å². The van der Waals surface area contributed by atoms with E-state index in [-0.39, 0.29) is 21.6 Å². The molecule has 0 atom stereocenters. The number of nitrogens with zero attached hydrogens (tertiary/aromatic N) is 2. The molecule has 3 rings (SSSR count). The van der Waals surface area contributed by atoms with Crippen molar-refractivity contribution in [1.29, 1.82) is 0 Å². The second-order valence-corrected chi connectivity index (χ2v) is 8.65. The van der Waals surface area contributed by atoms with Crippen LogP contribution in [0.25, 0.3) is 0 Å². The predicted molar refractivity (Wildman–Crippen MR) is 99.1 cm³/mol. The molecule has 1 heterocycles. The van der Waals surface area contributed by atoms with Gasteiger partial charge in [-0.25, -0.2) is 17.5 Å². The Balaban J connectivity index is 1.96. The van der Waals surface area contributed by atoms with E-state index in [9.17, 15) is 22.8 Å². The van der Waals surface area contributed by atoms with Gasteiger partial charge >= 0.3 is 5.97 Å². The van der Waals surface area contributed by atoms with Gasteiger partial charge in [-0.15, -0.1) is 0 Å². The lowest BCUT2D eigenvalue weighted by atomic mass is 10.1. The molecule has 0 aliphatic carbocycles. The van der Waals surface area contributed by atoms with Crippen molar-refractivity contribution in [1.82, 2.24) is 9.37 Å². The molecule has 0 unspecified atom stereocenters. The van der Waals surface area contributed by atoms with E-state index < -0.39 is 27.8 Å². The Morgan fingerprint density at radius 1 is 1.00 bits per heavy atom. The van der Waals surface area contributed by atoms with Crippen molar-refractivity contribution < 1.29 is 27.6 Å². The summed E-state index contributed by atoms with van der Waals surface area (Å²) in [5, 5.41) is 0.391. The molecule has 0 spiro atoms. The molecular formula is C19H18N2O6S. The van der Waals surface area contributed by atoms with E-state index in [1.165, 1.54) is 38.4 Å². The molecule has 0 saturated carbocycles. The van der Waals surface area contributed by atoms with Gasteiger partial charge in [0.25, 0.3) is 11.8 Å². The van der Waals surface area contributed by atoms with Crippen LogP contribution >= 0.6 is 0 Å². The van der Waals surface area contributed by atoms with Gasteiger partial charge in [0.1, 0.15) is 0 Å². The zero-order valence-corrected chi connectivity index (χ0v) is 16.5. The van der Waals surface area contributed by atoms with E-state index in [2.05, 4.69) is 0 Å². The fourth-order valence-electron chi connectivity index (χ4n) is 2.80. The number of fused-ring (bicyclic) bond motifs is 1. The molecule has 0 fully saturated rings. The van der Waals surface area contributed by atoms with Gasteiger partial charge in [0, 0.05) is 14.1 Å². The summed E-state index contributed by atoms with van der Waals surface area (Å²) in [6.07, 6.45) is 0. The quantitative estimate of drug-likeness (QED) is 0.724. The Labute approximate surface area is 162 Å². The SMILES string of the molecule is Cc1cc(C(=O)ON2C(=O)c3ccccc3C2=O)cc(S(=O)(=O)N(C)C)c1C. The highest BCUT2D eigenvalue weighted by molar-refractivity contribution is 7.89.